The van der Waals surface area contributed by atoms with Gasteiger partial charge in [0.1, 0.15) is 12.4 Å². The van der Waals surface area contributed by atoms with Crippen LogP contribution in [-0.2, 0) is 9.53 Å². The fraction of sp³-hybridized carbons (Fsp3) is 0.368. The minimum atomic E-state index is -0.783. The van der Waals surface area contributed by atoms with E-state index in [0.717, 1.165) is 44.2 Å². The van der Waals surface area contributed by atoms with Gasteiger partial charge in [-0.25, -0.2) is 4.99 Å². The summed E-state index contributed by atoms with van der Waals surface area (Å²) in [5.74, 6) is 0.455. The van der Waals surface area contributed by atoms with E-state index < -0.39 is 6.10 Å². The molecule has 2 aliphatic heterocycles. The minimum Gasteiger partial charge on any atom is -0.492 e. The molecule has 0 aromatic heterocycles. The fourth-order valence-corrected chi connectivity index (χ4v) is 2.66. The fourth-order valence-electron chi connectivity index (χ4n) is 2.66. The maximum absolute atomic E-state index is 11.0. The number of morpholine rings is 1. The second-order valence-corrected chi connectivity index (χ2v) is 5.89. The molecule has 1 fully saturated rings. The van der Waals surface area contributed by atoms with Crippen molar-refractivity contribution in [1.29, 1.82) is 0 Å². The maximum Gasteiger partial charge on any atom is 0.270 e. The normalized spacial score (nSPS) is 19.4. The Morgan fingerprint density at radius 1 is 1.32 bits per heavy atom. The number of nitrogens with zero attached hydrogens (tertiary/aromatic N) is 2. The first-order valence-corrected chi connectivity index (χ1v) is 8.40. The van der Waals surface area contributed by atoms with Crippen LogP contribution in [0.25, 0.3) is 0 Å². The van der Waals surface area contributed by atoms with E-state index in [4.69, 9.17) is 9.47 Å². The molecular weight excluding hydrogens is 320 g/mol. The highest BCUT2D eigenvalue weighted by atomic mass is 16.5. The molecule has 2 aliphatic rings. The Morgan fingerprint density at radius 2 is 2.16 bits per heavy atom. The van der Waals surface area contributed by atoms with Crippen molar-refractivity contribution >= 4 is 11.6 Å². The number of carbonyl (C=O) groups excluding carboxylic acids is 1. The van der Waals surface area contributed by atoms with Gasteiger partial charge in [-0.3, -0.25) is 9.69 Å². The zero-order valence-electron chi connectivity index (χ0n) is 14.0. The van der Waals surface area contributed by atoms with Gasteiger partial charge in [0, 0.05) is 25.7 Å². The average molecular weight is 342 g/mol. The summed E-state index contributed by atoms with van der Waals surface area (Å²) in [7, 11) is 0. The molecule has 1 amide bonds. The van der Waals surface area contributed by atoms with E-state index in [1.165, 1.54) is 6.08 Å². The summed E-state index contributed by atoms with van der Waals surface area (Å²) in [5.41, 5.74) is 1.27. The second kappa shape index (κ2) is 8.71. The predicted octanol–water partition coefficient (Wildman–Crippen LogP) is 1.52. The zero-order chi connectivity index (χ0) is 17.5. The Bertz CT molecular complexity index is 690. The number of carbonyl (C=O) groups is 1. The first kappa shape index (κ1) is 17.5. The Kier molecular flexibility index (Phi) is 6.11. The van der Waals surface area contributed by atoms with Crippen LogP contribution < -0.4 is 4.74 Å². The third-order valence-electron chi connectivity index (χ3n) is 4.06. The number of hydrogen-bond donors (Lipinski definition) is 1. The summed E-state index contributed by atoms with van der Waals surface area (Å²) in [6.07, 6.45) is 5.48. The SMILES string of the molecule is O=C1C=CC(/C=C/[C@@H](O)c2cccc(OCCN3CCOCC3)c2)=N1. The van der Waals surface area contributed by atoms with E-state index in [-0.39, 0.29) is 5.91 Å². The number of amides is 1. The van der Waals surface area contributed by atoms with Gasteiger partial charge in [-0.15, -0.1) is 0 Å². The number of aliphatic imine (C=N–C) groups is 1. The van der Waals surface area contributed by atoms with Crippen LogP contribution in [0.4, 0.5) is 0 Å². The molecule has 0 aliphatic carbocycles. The van der Waals surface area contributed by atoms with E-state index in [0.29, 0.717) is 12.3 Å². The third-order valence-corrected chi connectivity index (χ3v) is 4.06. The lowest BCUT2D eigenvalue weighted by Crippen LogP contribution is -2.38. The smallest absolute Gasteiger partial charge is 0.270 e. The van der Waals surface area contributed by atoms with Crippen LogP contribution in [0.15, 0.2) is 53.6 Å². The van der Waals surface area contributed by atoms with Gasteiger partial charge in [-0.05, 0) is 35.9 Å². The molecule has 1 saturated heterocycles. The summed E-state index contributed by atoms with van der Waals surface area (Å²) < 4.78 is 11.1. The van der Waals surface area contributed by atoms with Crippen LogP contribution in [0, 0.1) is 0 Å². The van der Waals surface area contributed by atoms with Crippen molar-refractivity contribution in [2.75, 3.05) is 39.5 Å². The number of ether oxygens (including phenoxy) is 2. The molecule has 25 heavy (non-hydrogen) atoms. The van der Waals surface area contributed by atoms with Crippen molar-refractivity contribution in [1.82, 2.24) is 4.90 Å². The lowest BCUT2D eigenvalue weighted by Gasteiger charge is -2.26. The molecule has 1 N–H and O–H groups in total. The molecule has 0 saturated carbocycles. The highest BCUT2D eigenvalue weighted by molar-refractivity contribution is 6.17. The largest absolute Gasteiger partial charge is 0.492 e. The molecular formula is C19H22N2O4. The van der Waals surface area contributed by atoms with Crippen molar-refractivity contribution in [3.05, 3.63) is 54.1 Å². The molecule has 1 atom stereocenters. The molecule has 0 radical (unpaired) electrons. The lowest BCUT2D eigenvalue weighted by atomic mass is 10.1. The third kappa shape index (κ3) is 5.35. The zero-order valence-corrected chi connectivity index (χ0v) is 14.0. The Labute approximate surface area is 147 Å². The molecule has 132 valence electrons. The number of aliphatic hydroxyl groups is 1. The van der Waals surface area contributed by atoms with Crippen LogP contribution in [0.5, 0.6) is 5.75 Å². The Hall–Kier alpha value is -2.28. The first-order valence-electron chi connectivity index (χ1n) is 8.40. The van der Waals surface area contributed by atoms with Crippen molar-refractivity contribution in [3.8, 4) is 5.75 Å². The van der Waals surface area contributed by atoms with E-state index in [1.807, 2.05) is 24.3 Å². The number of hydrogen-bond acceptors (Lipinski definition) is 5. The highest BCUT2D eigenvalue weighted by Gasteiger charge is 2.10. The van der Waals surface area contributed by atoms with Crippen LogP contribution in [0.2, 0.25) is 0 Å². The summed E-state index contributed by atoms with van der Waals surface area (Å²) >= 11 is 0. The van der Waals surface area contributed by atoms with Gasteiger partial charge in [0.15, 0.2) is 0 Å². The predicted molar refractivity (Wildman–Crippen MR) is 94.9 cm³/mol. The van der Waals surface area contributed by atoms with E-state index in [2.05, 4.69) is 9.89 Å². The van der Waals surface area contributed by atoms with Gasteiger partial charge in [0.2, 0.25) is 0 Å². The topological polar surface area (TPSA) is 71.4 Å². The van der Waals surface area contributed by atoms with E-state index in [1.54, 1.807) is 18.2 Å². The van der Waals surface area contributed by atoms with Gasteiger partial charge in [0.25, 0.3) is 5.91 Å². The Balaban J connectivity index is 1.51. The number of rotatable bonds is 7. The number of allylic oxidation sites excluding steroid dienone is 2. The summed E-state index contributed by atoms with van der Waals surface area (Å²) in [6, 6.07) is 7.39. The van der Waals surface area contributed by atoms with Gasteiger partial charge in [-0.1, -0.05) is 12.1 Å². The molecule has 0 bridgehead atoms. The van der Waals surface area contributed by atoms with Crippen molar-refractivity contribution in [3.63, 3.8) is 0 Å². The van der Waals surface area contributed by atoms with Gasteiger partial charge in [-0.2, -0.15) is 0 Å². The summed E-state index contributed by atoms with van der Waals surface area (Å²) in [4.78, 5) is 17.1. The molecule has 1 aromatic carbocycles. The van der Waals surface area contributed by atoms with Gasteiger partial charge in [0.05, 0.1) is 25.0 Å². The first-order chi connectivity index (χ1) is 12.2. The molecule has 6 nitrogen and oxygen atoms in total. The molecule has 2 heterocycles. The standard InChI is InChI=1S/C19H22N2O4/c22-18(6-4-16-5-7-19(23)20-16)15-2-1-3-17(14-15)25-13-10-21-8-11-24-12-9-21/h1-7,14,18,22H,8-13H2/b6-4+/t18-/m1/s1. The van der Waals surface area contributed by atoms with E-state index in [9.17, 15) is 9.90 Å². The van der Waals surface area contributed by atoms with Crippen LogP contribution in [-0.4, -0.2) is 61.1 Å². The second-order valence-electron chi connectivity index (χ2n) is 5.89. The summed E-state index contributed by atoms with van der Waals surface area (Å²) in [5, 5.41) is 10.3. The molecule has 0 spiro atoms. The molecule has 1 aromatic rings. The van der Waals surface area contributed by atoms with Gasteiger partial charge < -0.3 is 14.6 Å². The minimum absolute atomic E-state index is 0.273. The van der Waals surface area contributed by atoms with Crippen molar-refractivity contribution in [2.45, 2.75) is 6.10 Å². The van der Waals surface area contributed by atoms with Crippen LogP contribution in [0.3, 0.4) is 0 Å². The van der Waals surface area contributed by atoms with Crippen LogP contribution >= 0.6 is 0 Å². The Morgan fingerprint density at radius 3 is 2.92 bits per heavy atom. The highest BCUT2D eigenvalue weighted by Crippen LogP contribution is 2.20. The number of aliphatic hydroxyl groups excluding tert-OH is 1. The average Bonchev–Trinajstić information content (AvgIpc) is 3.06. The lowest BCUT2D eigenvalue weighted by molar-refractivity contribution is -0.113. The van der Waals surface area contributed by atoms with Crippen LogP contribution in [0.1, 0.15) is 11.7 Å². The summed E-state index contributed by atoms with van der Waals surface area (Å²) in [6.45, 7) is 4.89. The van der Waals surface area contributed by atoms with E-state index >= 15 is 0 Å². The van der Waals surface area contributed by atoms with Gasteiger partial charge >= 0.3 is 0 Å². The molecule has 6 heteroatoms. The van der Waals surface area contributed by atoms with Crippen molar-refractivity contribution in [2.24, 2.45) is 4.99 Å². The van der Waals surface area contributed by atoms with Crippen molar-refractivity contribution < 1.29 is 19.4 Å². The molecule has 0 unspecified atom stereocenters. The quantitative estimate of drug-likeness (QED) is 0.814. The molecule has 3 rings (SSSR count). The maximum atomic E-state index is 11.0. The monoisotopic (exact) mass is 342 g/mol. The number of benzene rings is 1.